The van der Waals surface area contributed by atoms with Gasteiger partial charge in [-0.15, -0.1) is 0 Å². The summed E-state index contributed by atoms with van der Waals surface area (Å²) in [6.07, 6.45) is 6.63. The number of aliphatic carboxylic acids is 1. The molecular weight excluding hydrogens is 731 g/mol. The molecule has 1 aliphatic carbocycles. The minimum atomic E-state index is -0.803. The number of likely N-dealkylation sites (tertiary alicyclic amines) is 1. The van der Waals surface area contributed by atoms with E-state index in [1.54, 1.807) is 31.5 Å². The molecule has 54 heavy (non-hydrogen) atoms. The number of hydrogen-bond donors (Lipinski definition) is 4. The van der Waals surface area contributed by atoms with Crippen molar-refractivity contribution in [3.05, 3.63) is 98.7 Å². The summed E-state index contributed by atoms with van der Waals surface area (Å²) >= 11 is 13.7. The number of methoxy groups -OCH3 is 1. The van der Waals surface area contributed by atoms with E-state index in [-0.39, 0.29) is 23.9 Å². The lowest BCUT2D eigenvalue weighted by Gasteiger charge is -2.32. The van der Waals surface area contributed by atoms with Gasteiger partial charge < -0.3 is 30.5 Å². The zero-order chi connectivity index (χ0) is 37.8. The number of carbonyl (C=O) groups excluding carboxylic acids is 2. The zero-order valence-electron chi connectivity index (χ0n) is 29.9. The highest BCUT2D eigenvalue weighted by Gasteiger charge is 2.30. The van der Waals surface area contributed by atoms with Gasteiger partial charge >= 0.3 is 5.97 Å². The van der Waals surface area contributed by atoms with E-state index < -0.39 is 17.9 Å². The molecule has 2 aromatic heterocycles. The van der Waals surface area contributed by atoms with Gasteiger partial charge in [0.2, 0.25) is 17.7 Å². The van der Waals surface area contributed by atoms with Crippen LogP contribution in [0.5, 0.6) is 11.8 Å². The molecule has 2 saturated heterocycles. The number of nitrogens with one attached hydrogen (secondary N) is 3. The van der Waals surface area contributed by atoms with Gasteiger partial charge in [0.15, 0.2) is 0 Å². The number of ether oxygens (including phenoxy) is 2. The van der Waals surface area contributed by atoms with Crippen LogP contribution in [0.3, 0.4) is 0 Å². The molecule has 3 atom stereocenters. The van der Waals surface area contributed by atoms with E-state index in [0.29, 0.717) is 66.2 Å². The lowest BCUT2D eigenvalue weighted by molar-refractivity contribution is -0.144. The SMILES string of the molecule is COc1nc(O[C@H]2CCc3c(-c4cccc(C(=O)Nc5ccc(CN6CCCCC6C(=O)O)cn5)c4Cl)cccc32)c(Cl)cc1CNCC1CCC(=O)N1. The van der Waals surface area contributed by atoms with Crippen molar-refractivity contribution >= 4 is 46.8 Å². The Morgan fingerprint density at radius 2 is 1.85 bits per heavy atom. The van der Waals surface area contributed by atoms with Gasteiger partial charge in [-0.2, -0.15) is 4.98 Å². The molecule has 2 amide bonds. The summed E-state index contributed by atoms with van der Waals surface area (Å²) < 4.78 is 12.0. The van der Waals surface area contributed by atoms with Crippen LogP contribution in [0.1, 0.15) is 77.2 Å². The molecule has 7 rings (SSSR count). The Labute approximate surface area is 323 Å². The highest BCUT2D eigenvalue weighted by atomic mass is 35.5. The smallest absolute Gasteiger partial charge is 0.320 e. The normalized spacial score (nSPS) is 19.6. The summed E-state index contributed by atoms with van der Waals surface area (Å²) in [4.78, 5) is 47.7. The summed E-state index contributed by atoms with van der Waals surface area (Å²) in [5.41, 5.74) is 5.66. The average Bonchev–Trinajstić information content (AvgIpc) is 3.79. The number of amides is 2. The standard InChI is InChI=1S/C40H42Cl2N6O6/c1-53-38-24(20-43-21-25-12-16-35(49)45-25)18-31(41)39(47-38)54-33-14-13-27-26(6-4-7-28(27)33)29-8-5-9-30(36(29)42)37(50)46-34-15-11-23(19-44-34)22-48-17-3-2-10-32(48)40(51)52/h4-9,11,15,18-19,25,32-33,43H,2-3,10,12-14,16-17,20-22H2,1H3,(H,45,49)(H,51,52)(H,44,46,50)/t25?,32?,33-/m0/s1. The van der Waals surface area contributed by atoms with E-state index in [2.05, 4.69) is 25.9 Å². The van der Waals surface area contributed by atoms with Gasteiger partial charge in [-0.1, -0.05) is 66.0 Å². The summed E-state index contributed by atoms with van der Waals surface area (Å²) in [6, 6.07) is 16.3. The summed E-state index contributed by atoms with van der Waals surface area (Å²) in [7, 11) is 1.55. The summed E-state index contributed by atoms with van der Waals surface area (Å²) in [6.45, 7) is 2.30. The Kier molecular flexibility index (Phi) is 11.6. The van der Waals surface area contributed by atoms with E-state index in [4.69, 9.17) is 32.7 Å². The van der Waals surface area contributed by atoms with Crippen LogP contribution in [-0.2, 0) is 29.1 Å². The third-order valence-corrected chi connectivity index (χ3v) is 11.0. The van der Waals surface area contributed by atoms with Crippen LogP contribution in [0, 0.1) is 0 Å². The van der Waals surface area contributed by atoms with Gasteiger partial charge in [-0.25, -0.2) is 4.98 Å². The Hall–Kier alpha value is -4.75. The molecule has 2 aliphatic heterocycles. The van der Waals surface area contributed by atoms with Crippen LogP contribution in [0.25, 0.3) is 11.1 Å². The van der Waals surface area contributed by atoms with Crippen molar-refractivity contribution in [1.29, 1.82) is 0 Å². The second-order valence-electron chi connectivity index (χ2n) is 13.9. The molecule has 14 heteroatoms. The number of pyridine rings is 2. The van der Waals surface area contributed by atoms with E-state index in [1.165, 1.54) is 0 Å². The Bertz CT molecular complexity index is 2050. The van der Waals surface area contributed by atoms with Gasteiger partial charge in [-0.05, 0) is 79.1 Å². The maximum Gasteiger partial charge on any atom is 0.320 e. The fourth-order valence-corrected chi connectivity index (χ4v) is 8.13. The molecule has 2 aromatic carbocycles. The van der Waals surface area contributed by atoms with Crippen LogP contribution < -0.4 is 25.4 Å². The van der Waals surface area contributed by atoms with E-state index in [1.807, 2.05) is 41.3 Å². The van der Waals surface area contributed by atoms with E-state index in [9.17, 15) is 19.5 Å². The molecule has 4 N–H and O–H groups in total. The number of fused-ring (bicyclic) bond motifs is 1. The number of anilines is 1. The van der Waals surface area contributed by atoms with Crippen molar-refractivity contribution < 1.29 is 29.0 Å². The third-order valence-electron chi connectivity index (χ3n) is 10.3. The zero-order valence-corrected chi connectivity index (χ0v) is 31.4. The van der Waals surface area contributed by atoms with Crippen molar-refractivity contribution in [2.75, 3.05) is 25.5 Å². The molecule has 3 aliphatic rings. The fourth-order valence-electron chi connectivity index (χ4n) is 7.60. The number of carbonyl (C=O) groups is 3. The number of carboxylic acid groups (broad SMARTS) is 1. The Morgan fingerprint density at radius 3 is 2.61 bits per heavy atom. The van der Waals surface area contributed by atoms with Gasteiger partial charge in [0.25, 0.3) is 5.91 Å². The summed E-state index contributed by atoms with van der Waals surface area (Å²) in [5.74, 6) is -0.0711. The fraction of sp³-hybridized carbons (Fsp3) is 0.375. The predicted molar refractivity (Wildman–Crippen MR) is 205 cm³/mol. The van der Waals surface area contributed by atoms with Gasteiger partial charge in [-0.3, -0.25) is 19.3 Å². The van der Waals surface area contributed by atoms with Gasteiger partial charge in [0.1, 0.15) is 23.0 Å². The molecule has 0 saturated carbocycles. The van der Waals surface area contributed by atoms with Gasteiger partial charge in [0.05, 0.1) is 17.7 Å². The monoisotopic (exact) mass is 772 g/mol. The van der Waals surface area contributed by atoms with Crippen molar-refractivity contribution in [2.45, 2.75) is 76.2 Å². The highest BCUT2D eigenvalue weighted by Crippen LogP contribution is 2.43. The first-order valence-corrected chi connectivity index (χ1v) is 19.0. The minimum Gasteiger partial charge on any atom is -0.481 e. The lowest BCUT2D eigenvalue weighted by atomic mass is 9.95. The maximum atomic E-state index is 13.5. The molecule has 0 bridgehead atoms. The van der Waals surface area contributed by atoms with E-state index >= 15 is 0 Å². The van der Waals surface area contributed by atoms with Crippen molar-refractivity contribution in [3.63, 3.8) is 0 Å². The van der Waals surface area contributed by atoms with E-state index in [0.717, 1.165) is 65.6 Å². The molecule has 4 heterocycles. The Balaban J connectivity index is 1.02. The van der Waals surface area contributed by atoms with Crippen molar-refractivity contribution in [2.24, 2.45) is 0 Å². The first-order valence-electron chi connectivity index (χ1n) is 18.2. The minimum absolute atomic E-state index is 0.0752. The first-order chi connectivity index (χ1) is 26.2. The second kappa shape index (κ2) is 16.7. The number of halogens is 2. The first kappa shape index (κ1) is 37.6. The van der Waals surface area contributed by atoms with Crippen molar-refractivity contribution in [1.82, 2.24) is 25.5 Å². The van der Waals surface area contributed by atoms with Crippen LogP contribution in [0.15, 0.2) is 60.8 Å². The topological polar surface area (TPSA) is 155 Å². The lowest BCUT2D eigenvalue weighted by Crippen LogP contribution is -2.44. The molecule has 0 radical (unpaired) electrons. The maximum absolute atomic E-state index is 13.5. The molecule has 2 unspecified atom stereocenters. The number of nitrogens with zero attached hydrogens (tertiary/aromatic N) is 3. The Morgan fingerprint density at radius 1 is 1.02 bits per heavy atom. The molecule has 4 aromatic rings. The van der Waals surface area contributed by atoms with Crippen LogP contribution >= 0.6 is 23.2 Å². The molecule has 12 nitrogen and oxygen atoms in total. The number of rotatable bonds is 13. The summed E-state index contributed by atoms with van der Waals surface area (Å²) in [5, 5.41) is 19.5. The van der Waals surface area contributed by atoms with Crippen LogP contribution in [0.2, 0.25) is 10.0 Å². The van der Waals surface area contributed by atoms with Crippen LogP contribution in [0.4, 0.5) is 5.82 Å². The number of aromatic nitrogens is 2. The molecule has 2 fully saturated rings. The van der Waals surface area contributed by atoms with Crippen LogP contribution in [-0.4, -0.2) is 70.0 Å². The van der Waals surface area contributed by atoms with Crippen molar-refractivity contribution in [3.8, 4) is 22.9 Å². The number of piperidine rings is 1. The average molecular weight is 774 g/mol. The highest BCUT2D eigenvalue weighted by molar-refractivity contribution is 6.37. The number of benzene rings is 2. The van der Waals surface area contributed by atoms with Gasteiger partial charge in [0, 0.05) is 49.4 Å². The third kappa shape index (κ3) is 8.32. The second-order valence-corrected chi connectivity index (χ2v) is 14.7. The predicted octanol–water partition coefficient (Wildman–Crippen LogP) is 6.58. The quantitative estimate of drug-likeness (QED) is 0.117. The number of hydrogen-bond acceptors (Lipinski definition) is 9. The molecular formula is C40H42Cl2N6O6. The largest absolute Gasteiger partial charge is 0.481 e. The number of carboxylic acids is 1. The molecule has 282 valence electrons. The molecule has 0 spiro atoms.